The Bertz CT molecular complexity index is 354. The molecule has 0 bridgehead atoms. The van der Waals surface area contributed by atoms with E-state index in [0.29, 0.717) is 6.61 Å². The SMILES string of the molecule is CCCCCCCCCCCOC(=O)C1CCCCC1C(=O)OC. The van der Waals surface area contributed by atoms with Crippen molar-refractivity contribution < 1.29 is 19.1 Å². The van der Waals surface area contributed by atoms with Crippen LogP contribution in [-0.2, 0) is 19.1 Å². The van der Waals surface area contributed by atoms with Crippen molar-refractivity contribution >= 4 is 11.9 Å². The van der Waals surface area contributed by atoms with Crippen LogP contribution in [0.4, 0.5) is 0 Å². The van der Waals surface area contributed by atoms with Gasteiger partial charge < -0.3 is 9.47 Å². The fourth-order valence-corrected chi connectivity index (χ4v) is 3.54. The number of esters is 2. The second-order valence-corrected chi connectivity index (χ2v) is 7.02. The number of rotatable bonds is 12. The van der Waals surface area contributed by atoms with Gasteiger partial charge in [0.25, 0.3) is 0 Å². The van der Waals surface area contributed by atoms with Crippen molar-refractivity contribution in [2.75, 3.05) is 13.7 Å². The molecule has 0 aromatic rings. The largest absolute Gasteiger partial charge is 0.469 e. The Kier molecular flexibility index (Phi) is 11.6. The molecule has 1 saturated carbocycles. The highest BCUT2D eigenvalue weighted by Crippen LogP contribution is 2.32. The first-order chi connectivity index (χ1) is 11.7. The van der Waals surface area contributed by atoms with Gasteiger partial charge in [-0.2, -0.15) is 0 Å². The Hall–Kier alpha value is -1.06. The van der Waals surface area contributed by atoms with E-state index in [1.54, 1.807) is 0 Å². The molecule has 4 nitrogen and oxygen atoms in total. The molecule has 2 atom stereocenters. The van der Waals surface area contributed by atoms with E-state index >= 15 is 0 Å². The lowest BCUT2D eigenvalue weighted by Gasteiger charge is -2.27. The van der Waals surface area contributed by atoms with E-state index in [2.05, 4.69) is 6.92 Å². The lowest BCUT2D eigenvalue weighted by molar-refractivity contribution is -0.161. The van der Waals surface area contributed by atoms with Crippen molar-refractivity contribution in [2.24, 2.45) is 11.8 Å². The zero-order chi connectivity index (χ0) is 17.6. The van der Waals surface area contributed by atoms with Crippen LogP contribution in [0.15, 0.2) is 0 Å². The van der Waals surface area contributed by atoms with Crippen molar-refractivity contribution in [1.82, 2.24) is 0 Å². The Morgan fingerprint density at radius 2 is 1.29 bits per heavy atom. The van der Waals surface area contributed by atoms with Crippen LogP contribution < -0.4 is 0 Å². The summed E-state index contributed by atoms with van der Waals surface area (Å²) in [6.45, 7) is 2.72. The molecule has 1 aliphatic carbocycles. The van der Waals surface area contributed by atoms with E-state index in [1.807, 2.05) is 0 Å². The molecule has 0 N–H and O–H groups in total. The van der Waals surface area contributed by atoms with Gasteiger partial charge in [-0.15, -0.1) is 0 Å². The predicted molar refractivity (Wildman–Crippen MR) is 95.7 cm³/mol. The fourth-order valence-electron chi connectivity index (χ4n) is 3.54. The molecule has 0 aliphatic heterocycles. The Morgan fingerprint density at radius 1 is 0.792 bits per heavy atom. The van der Waals surface area contributed by atoms with Gasteiger partial charge in [-0.25, -0.2) is 0 Å². The van der Waals surface area contributed by atoms with Crippen molar-refractivity contribution in [3.05, 3.63) is 0 Å². The first-order valence-corrected chi connectivity index (χ1v) is 9.95. The lowest BCUT2D eigenvalue weighted by atomic mass is 9.79. The first-order valence-electron chi connectivity index (χ1n) is 9.95. The van der Waals surface area contributed by atoms with Gasteiger partial charge in [0.05, 0.1) is 25.6 Å². The number of methoxy groups -OCH3 is 1. The van der Waals surface area contributed by atoms with Crippen molar-refractivity contribution in [1.29, 1.82) is 0 Å². The van der Waals surface area contributed by atoms with Gasteiger partial charge in [0, 0.05) is 0 Å². The van der Waals surface area contributed by atoms with Gasteiger partial charge in [-0.3, -0.25) is 9.59 Å². The molecule has 0 aromatic carbocycles. The van der Waals surface area contributed by atoms with Crippen LogP contribution >= 0.6 is 0 Å². The molecule has 0 heterocycles. The standard InChI is InChI=1S/C20H36O4/c1-3-4-5-6-7-8-9-10-13-16-24-20(22)18-15-12-11-14-17(18)19(21)23-2/h17-18H,3-16H2,1-2H3. The molecule has 4 heteroatoms. The highest BCUT2D eigenvalue weighted by molar-refractivity contribution is 5.82. The molecular weight excluding hydrogens is 304 g/mol. The second kappa shape index (κ2) is 13.3. The molecule has 2 unspecified atom stereocenters. The molecule has 0 aromatic heterocycles. The van der Waals surface area contributed by atoms with E-state index in [-0.39, 0.29) is 23.8 Å². The van der Waals surface area contributed by atoms with Crippen LogP contribution in [0.25, 0.3) is 0 Å². The summed E-state index contributed by atoms with van der Waals surface area (Å²) in [5.74, 6) is -1.08. The zero-order valence-corrected chi connectivity index (χ0v) is 15.7. The van der Waals surface area contributed by atoms with Gasteiger partial charge in [0.1, 0.15) is 0 Å². The molecule has 0 spiro atoms. The zero-order valence-electron chi connectivity index (χ0n) is 15.7. The summed E-state index contributed by atoms with van der Waals surface area (Å²) in [4.78, 5) is 24.0. The number of ether oxygens (including phenoxy) is 2. The maximum absolute atomic E-state index is 12.2. The van der Waals surface area contributed by atoms with E-state index < -0.39 is 0 Å². The monoisotopic (exact) mass is 340 g/mol. The van der Waals surface area contributed by atoms with Crippen molar-refractivity contribution in [2.45, 2.75) is 90.4 Å². The molecule has 0 saturated heterocycles. The quantitative estimate of drug-likeness (QED) is 0.369. The van der Waals surface area contributed by atoms with Crippen LogP contribution in [-0.4, -0.2) is 25.7 Å². The molecule has 1 aliphatic rings. The van der Waals surface area contributed by atoms with Gasteiger partial charge in [-0.05, 0) is 19.3 Å². The van der Waals surface area contributed by atoms with E-state index in [9.17, 15) is 9.59 Å². The summed E-state index contributed by atoms with van der Waals surface area (Å²) in [7, 11) is 1.39. The van der Waals surface area contributed by atoms with Crippen molar-refractivity contribution in [3.63, 3.8) is 0 Å². The molecule has 140 valence electrons. The maximum Gasteiger partial charge on any atom is 0.309 e. The summed E-state index contributed by atoms with van der Waals surface area (Å²) in [6.07, 6.45) is 14.7. The lowest BCUT2D eigenvalue weighted by Crippen LogP contribution is -2.34. The van der Waals surface area contributed by atoms with Crippen LogP contribution in [0.2, 0.25) is 0 Å². The van der Waals surface area contributed by atoms with Gasteiger partial charge in [0.2, 0.25) is 0 Å². The number of hydrogen-bond acceptors (Lipinski definition) is 4. The molecular formula is C20H36O4. The predicted octanol–water partition coefficient (Wildman–Crippen LogP) is 5.04. The van der Waals surface area contributed by atoms with E-state index in [0.717, 1.165) is 38.5 Å². The molecule has 1 fully saturated rings. The maximum atomic E-state index is 12.2. The van der Waals surface area contributed by atoms with Gasteiger partial charge >= 0.3 is 11.9 Å². The van der Waals surface area contributed by atoms with Crippen LogP contribution in [0.5, 0.6) is 0 Å². The molecule has 0 radical (unpaired) electrons. The number of unbranched alkanes of at least 4 members (excludes halogenated alkanes) is 8. The second-order valence-electron chi connectivity index (χ2n) is 7.02. The third-order valence-electron chi connectivity index (χ3n) is 5.06. The number of carbonyl (C=O) groups excluding carboxylic acids is 2. The normalized spacial score (nSPS) is 20.6. The summed E-state index contributed by atoms with van der Waals surface area (Å²) in [5.41, 5.74) is 0. The minimum Gasteiger partial charge on any atom is -0.469 e. The van der Waals surface area contributed by atoms with E-state index in [1.165, 1.54) is 52.1 Å². The average Bonchev–Trinajstić information content (AvgIpc) is 2.62. The fraction of sp³-hybridized carbons (Fsp3) is 0.900. The van der Waals surface area contributed by atoms with Crippen molar-refractivity contribution in [3.8, 4) is 0 Å². The minimum atomic E-state index is -0.306. The minimum absolute atomic E-state index is 0.204. The highest BCUT2D eigenvalue weighted by Gasteiger charge is 2.37. The summed E-state index contributed by atoms with van der Waals surface area (Å²) in [6, 6.07) is 0. The first kappa shape index (κ1) is 21.0. The number of hydrogen-bond donors (Lipinski definition) is 0. The Morgan fingerprint density at radius 3 is 1.83 bits per heavy atom. The van der Waals surface area contributed by atoms with Gasteiger partial charge in [-0.1, -0.05) is 71.1 Å². The summed E-state index contributed by atoms with van der Waals surface area (Å²) < 4.78 is 10.2. The summed E-state index contributed by atoms with van der Waals surface area (Å²) in [5, 5.41) is 0. The Balaban J connectivity index is 2.09. The van der Waals surface area contributed by atoms with Crippen LogP contribution in [0.1, 0.15) is 90.4 Å². The topological polar surface area (TPSA) is 52.6 Å². The van der Waals surface area contributed by atoms with Crippen LogP contribution in [0.3, 0.4) is 0 Å². The highest BCUT2D eigenvalue weighted by atomic mass is 16.5. The van der Waals surface area contributed by atoms with E-state index in [4.69, 9.17) is 9.47 Å². The average molecular weight is 341 g/mol. The van der Waals surface area contributed by atoms with Gasteiger partial charge in [0.15, 0.2) is 0 Å². The van der Waals surface area contributed by atoms with Crippen LogP contribution in [0, 0.1) is 11.8 Å². The number of carbonyl (C=O) groups is 2. The molecule has 1 rings (SSSR count). The Labute approximate surface area is 147 Å². The third-order valence-corrected chi connectivity index (χ3v) is 5.06. The summed E-state index contributed by atoms with van der Waals surface area (Å²) >= 11 is 0. The molecule has 24 heavy (non-hydrogen) atoms. The third kappa shape index (κ3) is 8.16. The molecule has 0 amide bonds. The smallest absolute Gasteiger partial charge is 0.309 e.